The highest BCUT2D eigenvalue weighted by molar-refractivity contribution is 5.77. The van der Waals surface area contributed by atoms with E-state index in [-0.39, 0.29) is 11.8 Å². The van der Waals surface area contributed by atoms with E-state index in [2.05, 4.69) is 26.1 Å². The zero-order valence-electron chi connectivity index (χ0n) is 9.61. The van der Waals surface area contributed by atoms with Crippen LogP contribution in [0.25, 0.3) is 0 Å². The fraction of sp³-hybridized carbons (Fsp3) is 0.909. The number of hydrogen-bond acceptors (Lipinski definition) is 1. The van der Waals surface area contributed by atoms with Crippen molar-refractivity contribution >= 4 is 5.91 Å². The molecule has 0 radical (unpaired) electrons. The Morgan fingerprint density at radius 3 is 2.31 bits per heavy atom. The van der Waals surface area contributed by atoms with E-state index in [1.54, 1.807) is 0 Å². The van der Waals surface area contributed by atoms with E-state index in [0.29, 0.717) is 5.41 Å². The predicted molar refractivity (Wildman–Crippen MR) is 56.5 cm³/mol. The first kappa shape index (κ1) is 12.5. The van der Waals surface area contributed by atoms with Crippen LogP contribution in [0.2, 0.25) is 0 Å². The molecule has 0 aromatic rings. The van der Waals surface area contributed by atoms with Gasteiger partial charge in [0.2, 0.25) is 5.91 Å². The Morgan fingerprint density at radius 1 is 1.38 bits per heavy atom. The van der Waals surface area contributed by atoms with Gasteiger partial charge in [-0.05, 0) is 11.8 Å². The molecule has 0 aliphatic rings. The van der Waals surface area contributed by atoms with Gasteiger partial charge in [-0.3, -0.25) is 4.79 Å². The van der Waals surface area contributed by atoms with Crippen LogP contribution in [0, 0.1) is 11.3 Å². The standard InChI is InChI=1S/C11H23NO/c1-6-11(4,5)7-8-12-10(13)9(2)3/h9H,6-8H2,1-5H3,(H,12,13). The van der Waals surface area contributed by atoms with Crippen LogP contribution < -0.4 is 5.32 Å². The van der Waals surface area contributed by atoms with Crippen molar-refractivity contribution in [1.29, 1.82) is 0 Å². The molecular formula is C11H23NO. The molecule has 0 spiro atoms. The predicted octanol–water partition coefficient (Wildman–Crippen LogP) is 2.58. The summed E-state index contributed by atoms with van der Waals surface area (Å²) in [4.78, 5) is 11.2. The molecule has 1 N–H and O–H groups in total. The van der Waals surface area contributed by atoms with E-state index in [1.807, 2.05) is 13.8 Å². The first-order valence-corrected chi connectivity index (χ1v) is 5.17. The van der Waals surface area contributed by atoms with Gasteiger partial charge in [0.25, 0.3) is 0 Å². The van der Waals surface area contributed by atoms with Crippen molar-refractivity contribution in [1.82, 2.24) is 5.32 Å². The molecule has 0 aliphatic heterocycles. The maximum absolute atomic E-state index is 11.2. The highest BCUT2D eigenvalue weighted by Gasteiger charge is 2.15. The molecule has 0 rings (SSSR count). The fourth-order valence-corrected chi connectivity index (χ4v) is 0.905. The Kier molecular flexibility index (Phi) is 5.04. The third-order valence-corrected chi connectivity index (χ3v) is 2.58. The zero-order chi connectivity index (χ0) is 10.5. The largest absolute Gasteiger partial charge is 0.356 e. The third kappa shape index (κ3) is 5.67. The number of carbonyl (C=O) groups excluding carboxylic acids is 1. The molecule has 0 unspecified atom stereocenters. The molecule has 2 nitrogen and oxygen atoms in total. The van der Waals surface area contributed by atoms with Gasteiger partial charge in [-0.15, -0.1) is 0 Å². The second-order valence-electron chi connectivity index (χ2n) is 4.71. The summed E-state index contributed by atoms with van der Waals surface area (Å²) in [6.07, 6.45) is 2.21. The summed E-state index contributed by atoms with van der Waals surface area (Å²) in [5.74, 6) is 0.261. The van der Waals surface area contributed by atoms with Gasteiger partial charge in [0, 0.05) is 12.5 Å². The first-order valence-electron chi connectivity index (χ1n) is 5.17. The van der Waals surface area contributed by atoms with Crippen LogP contribution in [0.15, 0.2) is 0 Å². The van der Waals surface area contributed by atoms with Gasteiger partial charge in [-0.2, -0.15) is 0 Å². The van der Waals surface area contributed by atoms with Gasteiger partial charge in [-0.25, -0.2) is 0 Å². The quantitative estimate of drug-likeness (QED) is 0.701. The Balaban J connectivity index is 3.62. The molecule has 0 bridgehead atoms. The molecule has 0 aliphatic carbocycles. The van der Waals surface area contributed by atoms with Crippen LogP contribution in [0.4, 0.5) is 0 Å². The van der Waals surface area contributed by atoms with Crippen molar-refractivity contribution in [2.24, 2.45) is 11.3 Å². The molecule has 1 amide bonds. The van der Waals surface area contributed by atoms with E-state index in [9.17, 15) is 4.79 Å². The second kappa shape index (κ2) is 5.25. The monoisotopic (exact) mass is 185 g/mol. The van der Waals surface area contributed by atoms with Crippen LogP contribution in [0.3, 0.4) is 0 Å². The van der Waals surface area contributed by atoms with Gasteiger partial charge in [0.05, 0.1) is 0 Å². The summed E-state index contributed by atoms with van der Waals surface area (Å²) in [6, 6.07) is 0. The molecule has 0 heterocycles. The zero-order valence-corrected chi connectivity index (χ0v) is 9.61. The average Bonchev–Trinajstić information content (AvgIpc) is 2.04. The van der Waals surface area contributed by atoms with Crippen LogP contribution >= 0.6 is 0 Å². The topological polar surface area (TPSA) is 29.1 Å². The maximum atomic E-state index is 11.2. The van der Waals surface area contributed by atoms with Crippen LogP contribution in [0.5, 0.6) is 0 Å². The van der Waals surface area contributed by atoms with Gasteiger partial charge < -0.3 is 5.32 Å². The van der Waals surface area contributed by atoms with Crippen molar-refractivity contribution < 1.29 is 4.79 Å². The van der Waals surface area contributed by atoms with E-state index >= 15 is 0 Å². The maximum Gasteiger partial charge on any atom is 0.222 e. The number of carbonyl (C=O) groups is 1. The summed E-state index contributed by atoms with van der Waals surface area (Å²) in [6.45, 7) is 11.3. The summed E-state index contributed by atoms with van der Waals surface area (Å²) in [5, 5.41) is 2.93. The Labute approximate surface area is 82.1 Å². The average molecular weight is 185 g/mol. The van der Waals surface area contributed by atoms with Crippen molar-refractivity contribution in [3.8, 4) is 0 Å². The lowest BCUT2D eigenvalue weighted by atomic mass is 9.86. The summed E-state index contributed by atoms with van der Waals surface area (Å²) in [7, 11) is 0. The van der Waals surface area contributed by atoms with Crippen molar-refractivity contribution in [3.63, 3.8) is 0 Å². The van der Waals surface area contributed by atoms with Crippen LogP contribution in [0.1, 0.15) is 47.5 Å². The van der Waals surface area contributed by atoms with Gasteiger partial charge in [0.15, 0.2) is 0 Å². The fourth-order valence-electron chi connectivity index (χ4n) is 0.905. The van der Waals surface area contributed by atoms with Crippen molar-refractivity contribution in [2.75, 3.05) is 6.54 Å². The number of amides is 1. The minimum atomic E-state index is 0.102. The number of rotatable bonds is 5. The van der Waals surface area contributed by atoms with Gasteiger partial charge >= 0.3 is 0 Å². The highest BCUT2D eigenvalue weighted by atomic mass is 16.1. The van der Waals surface area contributed by atoms with Crippen LogP contribution in [-0.2, 0) is 4.79 Å². The minimum absolute atomic E-state index is 0.102. The molecule has 0 atom stereocenters. The summed E-state index contributed by atoms with van der Waals surface area (Å²) < 4.78 is 0. The Morgan fingerprint density at radius 2 is 1.92 bits per heavy atom. The smallest absolute Gasteiger partial charge is 0.222 e. The molecule has 78 valence electrons. The normalized spacial score (nSPS) is 11.8. The molecule has 13 heavy (non-hydrogen) atoms. The number of nitrogens with one attached hydrogen (secondary N) is 1. The molecule has 0 fully saturated rings. The molecule has 0 aromatic carbocycles. The summed E-state index contributed by atoms with van der Waals surface area (Å²) >= 11 is 0. The number of hydrogen-bond donors (Lipinski definition) is 1. The lowest BCUT2D eigenvalue weighted by molar-refractivity contribution is -0.124. The molecule has 0 saturated heterocycles. The molecular weight excluding hydrogens is 162 g/mol. The second-order valence-corrected chi connectivity index (χ2v) is 4.71. The summed E-state index contributed by atoms with van der Waals surface area (Å²) in [5.41, 5.74) is 0.351. The van der Waals surface area contributed by atoms with E-state index in [4.69, 9.17) is 0 Å². The highest BCUT2D eigenvalue weighted by Crippen LogP contribution is 2.23. The Bertz CT molecular complexity index is 161. The molecule has 0 saturated carbocycles. The lowest BCUT2D eigenvalue weighted by Crippen LogP contribution is -2.31. The van der Waals surface area contributed by atoms with Crippen LogP contribution in [-0.4, -0.2) is 12.5 Å². The van der Waals surface area contributed by atoms with E-state index in [1.165, 1.54) is 0 Å². The Hall–Kier alpha value is -0.530. The van der Waals surface area contributed by atoms with Gasteiger partial charge in [-0.1, -0.05) is 41.0 Å². The van der Waals surface area contributed by atoms with E-state index in [0.717, 1.165) is 19.4 Å². The molecule has 0 aromatic heterocycles. The minimum Gasteiger partial charge on any atom is -0.356 e. The van der Waals surface area contributed by atoms with E-state index < -0.39 is 0 Å². The molecule has 2 heteroatoms. The SMILES string of the molecule is CCC(C)(C)CCNC(=O)C(C)C. The lowest BCUT2D eigenvalue weighted by Gasteiger charge is -2.22. The first-order chi connectivity index (χ1) is 5.89. The third-order valence-electron chi connectivity index (χ3n) is 2.58. The van der Waals surface area contributed by atoms with Crippen molar-refractivity contribution in [2.45, 2.75) is 47.5 Å². The van der Waals surface area contributed by atoms with Crippen molar-refractivity contribution in [3.05, 3.63) is 0 Å². The van der Waals surface area contributed by atoms with Gasteiger partial charge in [0.1, 0.15) is 0 Å².